The number of benzene rings is 1. The summed E-state index contributed by atoms with van der Waals surface area (Å²) < 4.78 is 0. The standard InChI is InChI=1S/C10H12O3/c1-3-7-9(12)5-4-8(6(2)11)10(7)13/h4-5,12-13H,3H2,1-2H3. The van der Waals surface area contributed by atoms with Crippen LogP contribution in [0.15, 0.2) is 12.1 Å². The molecule has 0 bridgehead atoms. The quantitative estimate of drug-likeness (QED) is 0.683. The third-order valence-electron chi connectivity index (χ3n) is 1.99. The predicted octanol–water partition coefficient (Wildman–Crippen LogP) is 1.86. The molecule has 1 aromatic carbocycles. The third-order valence-corrected chi connectivity index (χ3v) is 1.99. The van der Waals surface area contributed by atoms with Gasteiger partial charge in [-0.15, -0.1) is 0 Å². The molecule has 13 heavy (non-hydrogen) atoms. The lowest BCUT2D eigenvalue weighted by Crippen LogP contribution is -1.95. The Hall–Kier alpha value is -1.51. The maximum absolute atomic E-state index is 11.0. The Morgan fingerprint density at radius 3 is 2.46 bits per heavy atom. The second-order valence-electron chi connectivity index (χ2n) is 2.87. The van der Waals surface area contributed by atoms with Gasteiger partial charge < -0.3 is 10.2 Å². The van der Waals surface area contributed by atoms with Crippen LogP contribution in [-0.2, 0) is 6.42 Å². The highest BCUT2D eigenvalue weighted by molar-refractivity contribution is 5.97. The van der Waals surface area contributed by atoms with Gasteiger partial charge >= 0.3 is 0 Å². The molecule has 0 radical (unpaired) electrons. The molecule has 0 heterocycles. The zero-order valence-electron chi connectivity index (χ0n) is 7.66. The molecule has 0 spiro atoms. The van der Waals surface area contributed by atoms with Crippen LogP contribution in [0.2, 0.25) is 0 Å². The summed E-state index contributed by atoms with van der Waals surface area (Å²) in [4.78, 5) is 11.0. The zero-order valence-corrected chi connectivity index (χ0v) is 7.66. The van der Waals surface area contributed by atoms with E-state index in [1.54, 1.807) is 6.92 Å². The Labute approximate surface area is 76.6 Å². The number of ketones is 1. The van der Waals surface area contributed by atoms with E-state index in [1.807, 2.05) is 0 Å². The van der Waals surface area contributed by atoms with Gasteiger partial charge in [0.25, 0.3) is 0 Å². The van der Waals surface area contributed by atoms with Crippen LogP contribution in [0.4, 0.5) is 0 Å². The number of carbonyl (C=O) groups excluding carboxylic acids is 1. The summed E-state index contributed by atoms with van der Waals surface area (Å²) in [6.07, 6.45) is 0.499. The summed E-state index contributed by atoms with van der Waals surface area (Å²) in [6.45, 7) is 3.18. The number of phenols is 2. The van der Waals surface area contributed by atoms with Gasteiger partial charge in [0.15, 0.2) is 5.78 Å². The number of rotatable bonds is 2. The fourth-order valence-electron chi connectivity index (χ4n) is 1.26. The van der Waals surface area contributed by atoms with Crippen LogP contribution in [-0.4, -0.2) is 16.0 Å². The molecule has 0 aliphatic carbocycles. The van der Waals surface area contributed by atoms with Crippen molar-refractivity contribution >= 4 is 5.78 Å². The SMILES string of the molecule is CCc1c(O)ccc(C(C)=O)c1O. The second-order valence-corrected chi connectivity index (χ2v) is 2.87. The summed E-state index contributed by atoms with van der Waals surface area (Å²) in [5.74, 6) is -0.271. The molecule has 0 aliphatic heterocycles. The van der Waals surface area contributed by atoms with Gasteiger partial charge in [0.2, 0.25) is 0 Å². The van der Waals surface area contributed by atoms with Gasteiger partial charge in [-0.25, -0.2) is 0 Å². The van der Waals surface area contributed by atoms with E-state index in [0.717, 1.165) is 0 Å². The van der Waals surface area contributed by atoms with E-state index in [-0.39, 0.29) is 22.8 Å². The van der Waals surface area contributed by atoms with E-state index >= 15 is 0 Å². The largest absolute Gasteiger partial charge is 0.508 e. The maximum atomic E-state index is 11.0. The van der Waals surface area contributed by atoms with Crippen LogP contribution in [0.1, 0.15) is 29.8 Å². The molecule has 0 amide bonds. The molecule has 3 heteroatoms. The highest BCUT2D eigenvalue weighted by Crippen LogP contribution is 2.30. The summed E-state index contributed by atoms with van der Waals surface area (Å²) in [5, 5.41) is 18.9. The highest BCUT2D eigenvalue weighted by Gasteiger charge is 2.12. The van der Waals surface area contributed by atoms with E-state index < -0.39 is 0 Å². The molecule has 0 aliphatic rings. The Balaban J connectivity index is 3.35. The van der Waals surface area contributed by atoms with Crippen molar-refractivity contribution in [3.8, 4) is 11.5 Å². The zero-order chi connectivity index (χ0) is 10.0. The normalized spacial score (nSPS) is 10.0. The molecule has 0 saturated carbocycles. The Kier molecular flexibility index (Phi) is 2.56. The number of carbonyl (C=O) groups is 1. The van der Waals surface area contributed by atoms with Crippen LogP contribution in [0.25, 0.3) is 0 Å². The van der Waals surface area contributed by atoms with Gasteiger partial charge in [-0.1, -0.05) is 6.92 Å². The molecule has 1 rings (SSSR count). The maximum Gasteiger partial charge on any atom is 0.163 e. The lowest BCUT2D eigenvalue weighted by molar-refractivity contribution is 0.101. The number of aromatic hydroxyl groups is 2. The van der Waals surface area contributed by atoms with Gasteiger partial charge in [0, 0.05) is 5.56 Å². The fraction of sp³-hybridized carbons (Fsp3) is 0.300. The number of phenolic OH excluding ortho intramolecular Hbond substituents is 2. The first-order valence-electron chi connectivity index (χ1n) is 4.12. The lowest BCUT2D eigenvalue weighted by atomic mass is 10.0. The monoisotopic (exact) mass is 180 g/mol. The van der Waals surface area contributed by atoms with E-state index in [1.165, 1.54) is 19.1 Å². The van der Waals surface area contributed by atoms with E-state index in [9.17, 15) is 15.0 Å². The van der Waals surface area contributed by atoms with E-state index in [0.29, 0.717) is 12.0 Å². The third kappa shape index (κ3) is 1.64. The topological polar surface area (TPSA) is 57.5 Å². The lowest BCUT2D eigenvalue weighted by Gasteiger charge is -2.07. The molecular formula is C10H12O3. The van der Waals surface area contributed by atoms with Crippen molar-refractivity contribution in [1.29, 1.82) is 0 Å². The average molecular weight is 180 g/mol. The summed E-state index contributed by atoms with van der Waals surface area (Å²) in [5.41, 5.74) is 0.683. The van der Waals surface area contributed by atoms with Crippen molar-refractivity contribution in [1.82, 2.24) is 0 Å². The number of Topliss-reactive ketones (excluding diaryl/α,β-unsaturated/α-hetero) is 1. The van der Waals surface area contributed by atoms with Crippen molar-refractivity contribution in [3.63, 3.8) is 0 Å². The highest BCUT2D eigenvalue weighted by atomic mass is 16.3. The van der Waals surface area contributed by atoms with Gasteiger partial charge in [-0.3, -0.25) is 4.79 Å². The molecule has 0 unspecified atom stereocenters. The first-order chi connectivity index (χ1) is 6.07. The minimum atomic E-state index is -0.202. The van der Waals surface area contributed by atoms with Crippen molar-refractivity contribution in [2.45, 2.75) is 20.3 Å². The van der Waals surface area contributed by atoms with E-state index in [2.05, 4.69) is 0 Å². The smallest absolute Gasteiger partial charge is 0.163 e. The van der Waals surface area contributed by atoms with Crippen molar-refractivity contribution in [2.75, 3.05) is 0 Å². The summed E-state index contributed by atoms with van der Waals surface area (Å²) in [6, 6.07) is 2.85. The molecule has 1 aromatic rings. The number of hydrogen-bond acceptors (Lipinski definition) is 3. The molecule has 0 atom stereocenters. The minimum absolute atomic E-state index is 0.0324. The van der Waals surface area contributed by atoms with Gasteiger partial charge in [0.05, 0.1) is 5.56 Å². The Bertz CT molecular complexity index is 342. The fourth-order valence-corrected chi connectivity index (χ4v) is 1.26. The predicted molar refractivity (Wildman–Crippen MR) is 49.2 cm³/mol. The van der Waals surface area contributed by atoms with Crippen molar-refractivity contribution in [2.24, 2.45) is 0 Å². The van der Waals surface area contributed by atoms with Gasteiger partial charge in [-0.05, 0) is 25.5 Å². The molecule has 3 nitrogen and oxygen atoms in total. The summed E-state index contributed by atoms with van der Waals surface area (Å²) in [7, 11) is 0. The molecule has 0 saturated heterocycles. The molecule has 0 fully saturated rings. The first kappa shape index (κ1) is 9.58. The van der Waals surface area contributed by atoms with Crippen LogP contribution >= 0.6 is 0 Å². The van der Waals surface area contributed by atoms with Crippen LogP contribution in [0.3, 0.4) is 0 Å². The Morgan fingerprint density at radius 2 is 2.00 bits per heavy atom. The molecule has 0 aromatic heterocycles. The van der Waals surface area contributed by atoms with Crippen LogP contribution < -0.4 is 0 Å². The van der Waals surface area contributed by atoms with Gasteiger partial charge in [0.1, 0.15) is 11.5 Å². The molecule has 2 N–H and O–H groups in total. The van der Waals surface area contributed by atoms with Gasteiger partial charge in [-0.2, -0.15) is 0 Å². The van der Waals surface area contributed by atoms with Crippen LogP contribution in [0.5, 0.6) is 11.5 Å². The molecule has 70 valence electrons. The average Bonchev–Trinajstić information content (AvgIpc) is 2.04. The van der Waals surface area contributed by atoms with Crippen LogP contribution in [0, 0.1) is 0 Å². The summed E-state index contributed by atoms with van der Waals surface area (Å²) >= 11 is 0. The first-order valence-corrected chi connectivity index (χ1v) is 4.12. The second kappa shape index (κ2) is 3.47. The van der Waals surface area contributed by atoms with Crippen molar-refractivity contribution < 1.29 is 15.0 Å². The van der Waals surface area contributed by atoms with Crippen molar-refractivity contribution in [3.05, 3.63) is 23.3 Å². The minimum Gasteiger partial charge on any atom is -0.508 e. The number of hydrogen-bond donors (Lipinski definition) is 2. The van der Waals surface area contributed by atoms with E-state index in [4.69, 9.17) is 0 Å². The Morgan fingerprint density at radius 1 is 1.38 bits per heavy atom. The molecular weight excluding hydrogens is 168 g/mol.